The molecule has 0 bridgehead atoms. The monoisotopic (exact) mass is 540 g/mol. The normalized spacial score (nSPS) is 24.1. The standard InChI is InChI=1S/C29H41ClN6O2/c1-6-22-17-25(24-10-9-23(18-26(24)30)27-33-20(5)38-34-27)29(37)36(8-3)28(22)32-19(4)31-14-11-21-12-15-35(7-2)16-13-21/h6,9-10,17-21,31H,7-8,11-16H2,1-5H3,(H,33,34)/b22-6-,32-28+. The number of hydrogen-bond acceptors (Lipinski definition) is 7. The summed E-state index contributed by atoms with van der Waals surface area (Å²) in [5.41, 5.74) is 5.78. The molecule has 2 atom stereocenters. The van der Waals surface area contributed by atoms with E-state index >= 15 is 0 Å². The number of nitrogens with one attached hydrogen (secondary N) is 2. The van der Waals surface area contributed by atoms with Gasteiger partial charge in [-0.3, -0.25) is 15.0 Å². The number of hydrogen-bond donors (Lipinski definition) is 2. The van der Waals surface area contributed by atoms with Crippen LogP contribution in [0.15, 0.2) is 45.9 Å². The fourth-order valence-corrected chi connectivity index (χ4v) is 5.51. The summed E-state index contributed by atoms with van der Waals surface area (Å²) < 4.78 is 0. The van der Waals surface area contributed by atoms with Crippen molar-refractivity contribution in [3.63, 3.8) is 0 Å². The van der Waals surface area contributed by atoms with E-state index in [1.54, 1.807) is 4.90 Å². The smallest absolute Gasteiger partial charge is 0.260 e. The zero-order valence-electron chi connectivity index (χ0n) is 23.3. The minimum absolute atomic E-state index is 0.0975. The first kappa shape index (κ1) is 28.5. The number of likely N-dealkylation sites (N-methyl/N-ethyl adjacent to an activating group) is 1. The SMILES string of the molecule is C/C=C1/C=C(c2ccc(C3=NC(C)ON3)cc2Cl)C(=O)N(CC)/C1=N/C(C)NCCC1CCN(CC)CC1. The molecule has 38 heavy (non-hydrogen) atoms. The van der Waals surface area contributed by atoms with Crippen LogP contribution in [-0.4, -0.2) is 72.5 Å². The Morgan fingerprint density at radius 1 is 1.29 bits per heavy atom. The van der Waals surface area contributed by atoms with Gasteiger partial charge in [0.05, 0.1) is 6.17 Å². The van der Waals surface area contributed by atoms with E-state index in [-0.39, 0.29) is 18.3 Å². The Labute approximate surface area is 231 Å². The second-order valence-corrected chi connectivity index (χ2v) is 10.5. The van der Waals surface area contributed by atoms with E-state index in [1.807, 2.05) is 51.1 Å². The average Bonchev–Trinajstić information content (AvgIpc) is 3.36. The number of allylic oxidation sites excluding steroid dienone is 1. The Bertz CT molecular complexity index is 1140. The number of amides is 1. The largest absolute Gasteiger partial charge is 0.304 e. The molecule has 3 heterocycles. The molecular weight excluding hydrogens is 500 g/mol. The summed E-state index contributed by atoms with van der Waals surface area (Å²) in [6.45, 7) is 15.1. The molecule has 0 spiro atoms. The fourth-order valence-electron chi connectivity index (χ4n) is 5.23. The van der Waals surface area contributed by atoms with Crippen molar-refractivity contribution in [1.29, 1.82) is 0 Å². The van der Waals surface area contributed by atoms with E-state index in [2.05, 4.69) is 34.5 Å². The minimum Gasteiger partial charge on any atom is -0.304 e. The van der Waals surface area contributed by atoms with Crippen molar-refractivity contribution in [2.45, 2.75) is 66.3 Å². The maximum Gasteiger partial charge on any atom is 0.260 e. The van der Waals surface area contributed by atoms with Crippen molar-refractivity contribution in [3.8, 4) is 0 Å². The Hall–Kier alpha value is -2.52. The number of carbonyl (C=O) groups excluding carboxylic acids is 1. The van der Waals surface area contributed by atoms with Gasteiger partial charge in [0.15, 0.2) is 12.1 Å². The zero-order valence-corrected chi connectivity index (χ0v) is 24.0. The Morgan fingerprint density at radius 2 is 2.05 bits per heavy atom. The molecule has 3 aliphatic rings. The van der Waals surface area contributed by atoms with E-state index in [9.17, 15) is 4.79 Å². The first-order chi connectivity index (χ1) is 18.3. The van der Waals surface area contributed by atoms with Gasteiger partial charge in [-0.25, -0.2) is 20.3 Å². The number of nitrogens with zero attached hydrogens (tertiary/aromatic N) is 4. The third-order valence-electron chi connectivity index (χ3n) is 7.55. The van der Waals surface area contributed by atoms with Gasteiger partial charge in [-0.1, -0.05) is 36.7 Å². The van der Waals surface area contributed by atoms with Gasteiger partial charge in [0.25, 0.3) is 5.91 Å². The summed E-state index contributed by atoms with van der Waals surface area (Å²) in [6, 6.07) is 5.58. The highest BCUT2D eigenvalue weighted by Gasteiger charge is 2.31. The van der Waals surface area contributed by atoms with Crippen LogP contribution in [0.3, 0.4) is 0 Å². The Balaban J connectivity index is 1.47. The quantitative estimate of drug-likeness (QED) is 0.478. The van der Waals surface area contributed by atoms with Crippen molar-refractivity contribution in [3.05, 3.63) is 52.1 Å². The first-order valence-corrected chi connectivity index (χ1v) is 14.3. The molecule has 0 aromatic heterocycles. The molecule has 0 saturated carbocycles. The van der Waals surface area contributed by atoms with Crippen LogP contribution in [0.5, 0.6) is 0 Å². The van der Waals surface area contributed by atoms with Gasteiger partial charge in [-0.15, -0.1) is 0 Å². The molecule has 1 saturated heterocycles. The number of amidine groups is 2. The second kappa shape index (κ2) is 13.0. The summed E-state index contributed by atoms with van der Waals surface area (Å²) in [7, 11) is 0. The van der Waals surface area contributed by atoms with Crippen LogP contribution in [0.25, 0.3) is 5.57 Å². The van der Waals surface area contributed by atoms with Gasteiger partial charge >= 0.3 is 0 Å². The number of piperidine rings is 1. The van der Waals surface area contributed by atoms with Crippen LogP contribution < -0.4 is 10.8 Å². The van der Waals surface area contributed by atoms with Gasteiger partial charge in [0.2, 0.25) is 0 Å². The van der Waals surface area contributed by atoms with Gasteiger partial charge in [0, 0.05) is 33.8 Å². The third-order valence-corrected chi connectivity index (χ3v) is 7.86. The lowest BCUT2D eigenvalue weighted by Gasteiger charge is -2.31. The van der Waals surface area contributed by atoms with Crippen molar-refractivity contribution < 1.29 is 9.63 Å². The number of benzene rings is 1. The number of aliphatic imine (C=N–C) groups is 2. The Kier molecular flexibility index (Phi) is 9.76. The van der Waals surface area contributed by atoms with Crippen LogP contribution in [0, 0.1) is 5.92 Å². The molecule has 9 heteroatoms. The van der Waals surface area contributed by atoms with Crippen molar-refractivity contribution in [2.75, 3.05) is 32.7 Å². The summed E-state index contributed by atoms with van der Waals surface area (Å²) in [6.07, 6.45) is 7.25. The van der Waals surface area contributed by atoms with Crippen LogP contribution in [-0.2, 0) is 9.63 Å². The van der Waals surface area contributed by atoms with E-state index in [4.69, 9.17) is 21.4 Å². The second-order valence-electron chi connectivity index (χ2n) is 10.1. The van der Waals surface area contributed by atoms with Gasteiger partial charge < -0.3 is 4.90 Å². The molecule has 3 aliphatic heterocycles. The summed E-state index contributed by atoms with van der Waals surface area (Å²) in [5, 5.41) is 4.04. The predicted octanol–water partition coefficient (Wildman–Crippen LogP) is 4.62. The van der Waals surface area contributed by atoms with E-state index in [0.717, 1.165) is 36.6 Å². The van der Waals surface area contributed by atoms with Crippen molar-refractivity contribution in [2.24, 2.45) is 15.9 Å². The molecule has 4 rings (SSSR count). The summed E-state index contributed by atoms with van der Waals surface area (Å²) >= 11 is 6.69. The molecule has 1 amide bonds. The van der Waals surface area contributed by atoms with E-state index in [0.29, 0.717) is 34.4 Å². The number of halogens is 1. The third kappa shape index (κ3) is 6.54. The Morgan fingerprint density at radius 3 is 2.66 bits per heavy atom. The number of rotatable bonds is 9. The highest BCUT2D eigenvalue weighted by Crippen LogP contribution is 2.32. The van der Waals surface area contributed by atoms with E-state index < -0.39 is 0 Å². The lowest BCUT2D eigenvalue weighted by molar-refractivity contribution is -0.121. The molecule has 2 unspecified atom stereocenters. The van der Waals surface area contributed by atoms with Crippen LogP contribution >= 0.6 is 11.6 Å². The fraction of sp³-hybridized carbons (Fsp3) is 0.552. The van der Waals surface area contributed by atoms with Crippen LogP contribution in [0.2, 0.25) is 5.02 Å². The van der Waals surface area contributed by atoms with E-state index in [1.165, 1.54) is 25.9 Å². The summed E-state index contributed by atoms with van der Waals surface area (Å²) in [4.78, 5) is 32.5. The zero-order chi connectivity index (χ0) is 27.2. The molecular formula is C29H41ClN6O2. The molecule has 1 fully saturated rings. The van der Waals surface area contributed by atoms with Crippen molar-refractivity contribution >= 4 is 34.8 Å². The average molecular weight is 541 g/mol. The highest BCUT2D eigenvalue weighted by molar-refractivity contribution is 6.37. The van der Waals surface area contributed by atoms with Crippen molar-refractivity contribution in [1.82, 2.24) is 20.6 Å². The van der Waals surface area contributed by atoms with Gasteiger partial charge in [0.1, 0.15) is 5.84 Å². The number of hydroxylamine groups is 1. The van der Waals surface area contributed by atoms with Gasteiger partial charge in [-0.05, 0) is 91.2 Å². The molecule has 8 nitrogen and oxygen atoms in total. The number of carbonyl (C=O) groups is 1. The maximum atomic E-state index is 13.6. The molecule has 206 valence electrons. The molecule has 0 radical (unpaired) electrons. The lowest BCUT2D eigenvalue weighted by Crippen LogP contribution is -2.42. The highest BCUT2D eigenvalue weighted by atomic mass is 35.5. The molecule has 2 N–H and O–H groups in total. The first-order valence-electron chi connectivity index (χ1n) is 13.9. The molecule has 1 aromatic rings. The lowest BCUT2D eigenvalue weighted by atomic mass is 9.93. The van der Waals surface area contributed by atoms with Crippen LogP contribution in [0.4, 0.5) is 0 Å². The summed E-state index contributed by atoms with van der Waals surface area (Å²) in [5.74, 6) is 1.99. The molecule has 0 aliphatic carbocycles. The molecule has 1 aromatic carbocycles. The topological polar surface area (TPSA) is 81.6 Å². The predicted molar refractivity (Wildman–Crippen MR) is 155 cm³/mol. The maximum absolute atomic E-state index is 13.6. The van der Waals surface area contributed by atoms with Crippen LogP contribution in [0.1, 0.15) is 65.0 Å². The van der Waals surface area contributed by atoms with Gasteiger partial charge in [-0.2, -0.15) is 0 Å². The number of likely N-dealkylation sites (tertiary alicyclic amines) is 1. The minimum atomic E-state index is -0.255.